The number of nitrogens with one attached hydrogen (secondary N) is 1. The van der Waals surface area contributed by atoms with Crippen LogP contribution in [0.3, 0.4) is 0 Å². The summed E-state index contributed by atoms with van der Waals surface area (Å²) in [6.45, 7) is 2.27. The summed E-state index contributed by atoms with van der Waals surface area (Å²) in [5.74, 6) is -0.824. The number of carbonyl (C=O) groups is 2. The van der Waals surface area contributed by atoms with Crippen LogP contribution in [0, 0.1) is 12.8 Å². The number of sulfone groups is 1. The first-order valence-corrected chi connectivity index (χ1v) is 11.7. The average molecular weight is 430 g/mol. The van der Waals surface area contributed by atoms with Crippen molar-refractivity contribution in [1.29, 1.82) is 0 Å². The summed E-state index contributed by atoms with van der Waals surface area (Å²) in [5.41, 5.74) is 2.45. The molecule has 4 rings (SSSR count). The molecule has 2 heterocycles. The Morgan fingerprint density at radius 3 is 2.76 bits per heavy atom. The van der Waals surface area contributed by atoms with Crippen LogP contribution in [0.5, 0.6) is 0 Å². The van der Waals surface area contributed by atoms with E-state index in [4.69, 9.17) is 0 Å². The Bertz CT molecular complexity index is 1230. The molecule has 1 unspecified atom stereocenters. The van der Waals surface area contributed by atoms with E-state index in [0.717, 1.165) is 17.5 Å². The van der Waals surface area contributed by atoms with Gasteiger partial charge in [0.1, 0.15) is 0 Å². The first-order chi connectivity index (χ1) is 13.7. The van der Waals surface area contributed by atoms with Crippen LogP contribution in [-0.2, 0) is 19.4 Å². The number of nitrogens with zero attached hydrogens (tertiary/aromatic N) is 2. The minimum atomic E-state index is -3.31. The molecule has 2 amide bonds. The van der Waals surface area contributed by atoms with Crippen molar-refractivity contribution in [3.63, 3.8) is 0 Å². The van der Waals surface area contributed by atoms with E-state index in [1.807, 2.05) is 31.2 Å². The third kappa shape index (κ3) is 4.01. The number of hydrogen-bond acceptors (Lipinski definition) is 6. The molecule has 0 radical (unpaired) electrons. The lowest BCUT2D eigenvalue weighted by Gasteiger charge is -2.17. The minimum Gasteiger partial charge on any atom is -0.312 e. The Kier molecular flexibility index (Phi) is 4.87. The molecule has 0 spiro atoms. The number of amides is 2. The predicted octanol–water partition coefficient (Wildman–Crippen LogP) is 3.00. The number of aryl methyl sites for hydroxylation is 1. The minimum absolute atomic E-state index is 0.0853. The van der Waals surface area contributed by atoms with Crippen molar-refractivity contribution in [2.24, 2.45) is 5.92 Å². The zero-order valence-corrected chi connectivity index (χ0v) is 17.5. The molecule has 1 atom stereocenters. The molecule has 1 saturated heterocycles. The summed E-state index contributed by atoms with van der Waals surface area (Å²) in [4.78, 5) is 31.3. The number of fused-ring (bicyclic) bond motifs is 1. The van der Waals surface area contributed by atoms with E-state index in [9.17, 15) is 18.0 Å². The highest BCUT2D eigenvalue weighted by Crippen LogP contribution is 2.30. The highest BCUT2D eigenvalue weighted by molar-refractivity contribution is 7.90. The molecule has 29 heavy (non-hydrogen) atoms. The van der Waals surface area contributed by atoms with Gasteiger partial charge in [-0.1, -0.05) is 23.5 Å². The molecule has 0 bridgehead atoms. The van der Waals surface area contributed by atoms with Crippen molar-refractivity contribution >= 4 is 54.0 Å². The van der Waals surface area contributed by atoms with Crippen LogP contribution in [0.4, 0.5) is 10.8 Å². The fourth-order valence-corrected chi connectivity index (χ4v) is 4.95. The van der Waals surface area contributed by atoms with E-state index in [-0.39, 0.29) is 23.1 Å². The monoisotopic (exact) mass is 429 g/mol. The topological polar surface area (TPSA) is 96.4 Å². The Morgan fingerprint density at radius 1 is 1.24 bits per heavy atom. The van der Waals surface area contributed by atoms with Crippen molar-refractivity contribution in [3.8, 4) is 0 Å². The molecule has 1 fully saturated rings. The Morgan fingerprint density at radius 2 is 2.03 bits per heavy atom. The molecular formula is C20H19N3O4S2. The van der Waals surface area contributed by atoms with Gasteiger partial charge in [0, 0.05) is 24.9 Å². The second-order valence-corrected chi connectivity index (χ2v) is 10.2. The van der Waals surface area contributed by atoms with Gasteiger partial charge in [-0.2, -0.15) is 0 Å². The standard InChI is InChI=1S/C20H19N3O4S2/c1-12-4-3-5-14(8-12)23-11-13(9-18(23)24)19(25)22-20-21-16-7-6-15(29(2,26)27)10-17(16)28-20/h3-8,10,13H,9,11H2,1-2H3,(H,21,22,25). The van der Waals surface area contributed by atoms with Gasteiger partial charge >= 0.3 is 0 Å². The molecule has 1 aliphatic heterocycles. The molecule has 1 aromatic heterocycles. The zero-order valence-electron chi connectivity index (χ0n) is 15.9. The highest BCUT2D eigenvalue weighted by atomic mass is 32.2. The van der Waals surface area contributed by atoms with Gasteiger partial charge in [0.2, 0.25) is 11.8 Å². The number of rotatable bonds is 4. The van der Waals surface area contributed by atoms with Gasteiger partial charge in [0.05, 0.1) is 21.0 Å². The quantitative estimate of drug-likeness (QED) is 0.688. The molecule has 7 nitrogen and oxygen atoms in total. The normalized spacial score (nSPS) is 17.1. The van der Waals surface area contributed by atoms with Crippen LogP contribution >= 0.6 is 11.3 Å². The molecule has 0 saturated carbocycles. The van der Waals surface area contributed by atoms with Gasteiger partial charge in [-0.3, -0.25) is 9.59 Å². The first kappa shape index (κ1) is 19.5. The van der Waals surface area contributed by atoms with Gasteiger partial charge in [0.25, 0.3) is 0 Å². The summed E-state index contributed by atoms with van der Waals surface area (Å²) in [7, 11) is -3.31. The lowest BCUT2D eigenvalue weighted by Crippen LogP contribution is -2.28. The van der Waals surface area contributed by atoms with Crippen molar-refractivity contribution in [2.45, 2.75) is 18.2 Å². The largest absolute Gasteiger partial charge is 0.312 e. The van der Waals surface area contributed by atoms with Crippen LogP contribution < -0.4 is 10.2 Å². The third-order valence-corrected chi connectivity index (χ3v) is 6.87. The van der Waals surface area contributed by atoms with Crippen molar-refractivity contribution in [3.05, 3.63) is 48.0 Å². The van der Waals surface area contributed by atoms with Gasteiger partial charge in [-0.25, -0.2) is 13.4 Å². The maximum Gasteiger partial charge on any atom is 0.231 e. The van der Waals surface area contributed by atoms with Crippen LogP contribution in [0.2, 0.25) is 0 Å². The first-order valence-electron chi connectivity index (χ1n) is 8.99. The lowest BCUT2D eigenvalue weighted by atomic mass is 10.1. The number of thiazole rings is 1. The van der Waals surface area contributed by atoms with Gasteiger partial charge < -0.3 is 10.2 Å². The fourth-order valence-electron chi connectivity index (χ4n) is 3.33. The zero-order chi connectivity index (χ0) is 20.8. The summed E-state index contributed by atoms with van der Waals surface area (Å²) >= 11 is 1.21. The second kappa shape index (κ2) is 7.23. The van der Waals surface area contributed by atoms with Crippen LogP contribution in [0.15, 0.2) is 47.4 Å². The van der Waals surface area contributed by atoms with Gasteiger partial charge in [-0.15, -0.1) is 0 Å². The van der Waals surface area contributed by atoms with Crippen molar-refractivity contribution in [2.75, 3.05) is 23.0 Å². The Hall–Kier alpha value is -2.78. The summed E-state index contributed by atoms with van der Waals surface area (Å²) in [6.07, 6.45) is 1.29. The summed E-state index contributed by atoms with van der Waals surface area (Å²) in [6, 6.07) is 12.3. The van der Waals surface area contributed by atoms with E-state index < -0.39 is 15.8 Å². The highest BCUT2D eigenvalue weighted by Gasteiger charge is 2.35. The number of carbonyl (C=O) groups excluding carboxylic acids is 2. The van der Waals surface area contributed by atoms with Crippen LogP contribution in [0.25, 0.3) is 10.2 Å². The smallest absolute Gasteiger partial charge is 0.231 e. The molecule has 1 aliphatic rings. The number of benzene rings is 2. The van der Waals surface area contributed by atoms with Gasteiger partial charge in [-0.05, 0) is 42.8 Å². The van der Waals surface area contributed by atoms with Crippen molar-refractivity contribution in [1.82, 2.24) is 4.98 Å². The second-order valence-electron chi connectivity index (χ2n) is 7.15. The SMILES string of the molecule is Cc1cccc(N2CC(C(=O)Nc3nc4ccc(S(C)(=O)=O)cc4s3)CC2=O)c1. The Labute approximate surface area is 172 Å². The lowest BCUT2D eigenvalue weighted by molar-refractivity contribution is -0.122. The summed E-state index contributed by atoms with van der Waals surface area (Å²) < 4.78 is 24.1. The molecular weight excluding hydrogens is 410 g/mol. The summed E-state index contributed by atoms with van der Waals surface area (Å²) in [5, 5.41) is 3.16. The van der Waals surface area contributed by atoms with Crippen LogP contribution in [0.1, 0.15) is 12.0 Å². The number of anilines is 2. The van der Waals surface area contributed by atoms with E-state index in [2.05, 4.69) is 10.3 Å². The number of hydrogen-bond donors (Lipinski definition) is 1. The molecule has 1 N–H and O–H groups in total. The number of aromatic nitrogens is 1. The van der Waals surface area contributed by atoms with E-state index in [1.165, 1.54) is 17.4 Å². The third-order valence-electron chi connectivity index (χ3n) is 4.83. The maximum absolute atomic E-state index is 12.7. The molecule has 0 aliphatic carbocycles. The van der Waals surface area contributed by atoms with E-state index in [1.54, 1.807) is 17.0 Å². The van der Waals surface area contributed by atoms with Gasteiger partial charge in [0.15, 0.2) is 15.0 Å². The molecule has 2 aromatic carbocycles. The molecule has 150 valence electrons. The van der Waals surface area contributed by atoms with Crippen molar-refractivity contribution < 1.29 is 18.0 Å². The van der Waals surface area contributed by atoms with E-state index >= 15 is 0 Å². The average Bonchev–Trinajstić information content (AvgIpc) is 3.23. The fraction of sp³-hybridized carbons (Fsp3) is 0.250. The van der Waals surface area contributed by atoms with Crippen LogP contribution in [-0.4, -0.2) is 38.0 Å². The predicted molar refractivity (Wildman–Crippen MR) is 113 cm³/mol. The Balaban J connectivity index is 1.50. The molecule has 9 heteroatoms. The molecule has 3 aromatic rings. The van der Waals surface area contributed by atoms with E-state index in [0.29, 0.717) is 21.9 Å². The maximum atomic E-state index is 12.7.